The lowest BCUT2D eigenvalue weighted by Gasteiger charge is -2.19. The number of halogens is 1. The number of anilines is 2. The Bertz CT molecular complexity index is 1150. The summed E-state index contributed by atoms with van der Waals surface area (Å²) in [7, 11) is 0. The highest BCUT2D eigenvalue weighted by Crippen LogP contribution is 2.26. The van der Waals surface area contributed by atoms with E-state index in [1.165, 1.54) is 0 Å². The maximum absolute atomic E-state index is 12.9. The third-order valence-electron chi connectivity index (χ3n) is 4.94. The molecule has 3 aromatic rings. The average Bonchev–Trinajstić information content (AvgIpc) is 2.74. The molecule has 0 aliphatic carbocycles. The third kappa shape index (κ3) is 6.68. The molecule has 0 fully saturated rings. The predicted octanol–water partition coefficient (Wildman–Crippen LogP) is 7.04. The summed E-state index contributed by atoms with van der Waals surface area (Å²) in [6.07, 6.45) is -0.0614. The highest BCUT2D eigenvalue weighted by atomic mass is 79.9. The number of amides is 2. The topological polar surface area (TPSA) is 67.4 Å². The standard InChI is InChI=1S/C27H29BrN2O3/c1-17(2)33-24-14-13-20(28)15-23(24)26(32)30-22-8-6-7-21(16-22)29-25(31)18-9-11-19(12-10-18)27(3,4)5/h6-17H,1-5H3,(H,29,31)(H,30,32). The van der Waals surface area contributed by atoms with Crippen LogP contribution in [-0.2, 0) is 5.41 Å². The van der Waals surface area contributed by atoms with Gasteiger partial charge < -0.3 is 15.4 Å². The molecule has 0 aliphatic heterocycles. The van der Waals surface area contributed by atoms with Crippen molar-refractivity contribution in [2.45, 2.75) is 46.1 Å². The molecule has 0 spiro atoms. The average molecular weight is 509 g/mol. The molecule has 3 rings (SSSR count). The number of ether oxygens (including phenoxy) is 1. The lowest BCUT2D eigenvalue weighted by Crippen LogP contribution is -2.16. The zero-order valence-corrected chi connectivity index (χ0v) is 21.1. The zero-order chi connectivity index (χ0) is 24.2. The van der Waals surface area contributed by atoms with Gasteiger partial charge in [0.25, 0.3) is 11.8 Å². The summed E-state index contributed by atoms with van der Waals surface area (Å²) in [6, 6.07) is 20.0. The second kappa shape index (κ2) is 10.2. The van der Waals surface area contributed by atoms with Gasteiger partial charge in [-0.05, 0) is 73.4 Å². The van der Waals surface area contributed by atoms with Gasteiger partial charge in [0.2, 0.25) is 0 Å². The van der Waals surface area contributed by atoms with Crippen LogP contribution in [0.1, 0.15) is 60.9 Å². The summed E-state index contributed by atoms with van der Waals surface area (Å²) < 4.78 is 6.55. The molecule has 0 saturated carbocycles. The van der Waals surface area contributed by atoms with Crippen molar-refractivity contribution in [2.75, 3.05) is 10.6 Å². The van der Waals surface area contributed by atoms with E-state index in [0.29, 0.717) is 28.3 Å². The van der Waals surface area contributed by atoms with E-state index in [1.54, 1.807) is 36.4 Å². The van der Waals surface area contributed by atoms with Gasteiger partial charge in [0.15, 0.2) is 0 Å². The zero-order valence-electron chi connectivity index (χ0n) is 19.5. The van der Waals surface area contributed by atoms with Crippen LogP contribution in [0, 0.1) is 0 Å². The van der Waals surface area contributed by atoms with Gasteiger partial charge in [-0.1, -0.05) is 54.9 Å². The summed E-state index contributed by atoms with van der Waals surface area (Å²) in [5, 5.41) is 5.78. The van der Waals surface area contributed by atoms with Crippen molar-refractivity contribution in [1.29, 1.82) is 0 Å². The Balaban J connectivity index is 1.73. The molecule has 6 heteroatoms. The van der Waals surface area contributed by atoms with Crippen LogP contribution in [-0.4, -0.2) is 17.9 Å². The highest BCUT2D eigenvalue weighted by molar-refractivity contribution is 9.10. The molecule has 172 valence electrons. The molecule has 0 aromatic heterocycles. The van der Waals surface area contributed by atoms with E-state index in [2.05, 4.69) is 47.3 Å². The van der Waals surface area contributed by atoms with Crippen molar-refractivity contribution in [1.82, 2.24) is 0 Å². The molecule has 2 amide bonds. The fourth-order valence-electron chi connectivity index (χ4n) is 3.23. The maximum atomic E-state index is 12.9. The molecule has 3 aromatic carbocycles. The van der Waals surface area contributed by atoms with E-state index in [-0.39, 0.29) is 23.3 Å². The van der Waals surface area contributed by atoms with Crippen LogP contribution in [0.4, 0.5) is 11.4 Å². The van der Waals surface area contributed by atoms with Gasteiger partial charge in [0.1, 0.15) is 5.75 Å². The summed E-state index contributed by atoms with van der Waals surface area (Å²) in [5.74, 6) is 0.000557. The van der Waals surface area contributed by atoms with Crippen molar-refractivity contribution in [2.24, 2.45) is 0 Å². The lowest BCUT2D eigenvalue weighted by atomic mass is 9.87. The van der Waals surface area contributed by atoms with Gasteiger partial charge in [0, 0.05) is 21.4 Å². The third-order valence-corrected chi connectivity index (χ3v) is 5.43. The monoisotopic (exact) mass is 508 g/mol. The smallest absolute Gasteiger partial charge is 0.259 e. The summed E-state index contributed by atoms with van der Waals surface area (Å²) >= 11 is 3.41. The maximum Gasteiger partial charge on any atom is 0.259 e. The van der Waals surface area contributed by atoms with Crippen molar-refractivity contribution in [3.63, 3.8) is 0 Å². The second-order valence-electron chi connectivity index (χ2n) is 9.12. The molecule has 5 nitrogen and oxygen atoms in total. The van der Waals surface area contributed by atoms with E-state index in [4.69, 9.17) is 4.74 Å². The van der Waals surface area contributed by atoms with Gasteiger partial charge in [-0.2, -0.15) is 0 Å². The minimum Gasteiger partial charge on any atom is -0.490 e. The van der Waals surface area contributed by atoms with Crippen molar-refractivity contribution >= 4 is 39.1 Å². The van der Waals surface area contributed by atoms with Crippen LogP contribution in [0.25, 0.3) is 0 Å². The number of hydrogen-bond acceptors (Lipinski definition) is 3. The van der Waals surface area contributed by atoms with E-state index in [9.17, 15) is 9.59 Å². The Morgan fingerprint density at radius 1 is 0.848 bits per heavy atom. The number of carbonyl (C=O) groups excluding carboxylic acids is 2. The van der Waals surface area contributed by atoms with Gasteiger partial charge in [-0.15, -0.1) is 0 Å². The summed E-state index contributed by atoms with van der Waals surface area (Å²) in [4.78, 5) is 25.6. The normalized spacial score (nSPS) is 11.2. The van der Waals surface area contributed by atoms with E-state index in [0.717, 1.165) is 10.0 Å². The first-order valence-electron chi connectivity index (χ1n) is 10.8. The van der Waals surface area contributed by atoms with E-state index < -0.39 is 0 Å². The molecule has 33 heavy (non-hydrogen) atoms. The summed E-state index contributed by atoms with van der Waals surface area (Å²) in [5.41, 5.74) is 3.34. The number of benzene rings is 3. The number of rotatable bonds is 6. The molecule has 2 N–H and O–H groups in total. The Morgan fingerprint density at radius 2 is 1.45 bits per heavy atom. The van der Waals surface area contributed by atoms with Crippen LogP contribution in [0.15, 0.2) is 71.2 Å². The fourth-order valence-corrected chi connectivity index (χ4v) is 3.60. The summed E-state index contributed by atoms with van der Waals surface area (Å²) in [6.45, 7) is 10.2. The molecule has 0 aliphatic rings. The Morgan fingerprint density at radius 3 is 2.03 bits per heavy atom. The number of carbonyl (C=O) groups is 2. The molecule has 0 heterocycles. The number of hydrogen-bond donors (Lipinski definition) is 2. The van der Waals surface area contributed by atoms with Crippen molar-refractivity contribution in [3.8, 4) is 5.75 Å². The Hall–Kier alpha value is -3.12. The van der Waals surface area contributed by atoms with E-state index in [1.807, 2.05) is 44.2 Å². The number of nitrogens with one attached hydrogen (secondary N) is 2. The molecule has 0 atom stereocenters. The quantitative estimate of drug-likeness (QED) is 0.375. The Kier molecular flexibility index (Phi) is 7.59. The van der Waals surface area contributed by atoms with Gasteiger partial charge in [-0.25, -0.2) is 0 Å². The Labute approximate surface area is 203 Å². The molecular formula is C27H29BrN2O3. The van der Waals surface area contributed by atoms with E-state index >= 15 is 0 Å². The van der Waals surface area contributed by atoms with Gasteiger partial charge >= 0.3 is 0 Å². The first kappa shape index (κ1) is 24.5. The van der Waals surface area contributed by atoms with Gasteiger partial charge in [0.05, 0.1) is 11.7 Å². The molecule has 0 unspecified atom stereocenters. The van der Waals surface area contributed by atoms with Crippen molar-refractivity contribution < 1.29 is 14.3 Å². The first-order chi connectivity index (χ1) is 15.5. The largest absolute Gasteiger partial charge is 0.490 e. The lowest BCUT2D eigenvalue weighted by molar-refractivity contribution is 0.101. The second-order valence-corrected chi connectivity index (χ2v) is 10.0. The minimum atomic E-state index is -0.298. The van der Waals surface area contributed by atoms with Crippen LogP contribution < -0.4 is 15.4 Å². The van der Waals surface area contributed by atoms with Crippen LogP contribution in [0.5, 0.6) is 5.75 Å². The first-order valence-corrected chi connectivity index (χ1v) is 11.6. The predicted molar refractivity (Wildman–Crippen MR) is 137 cm³/mol. The SMILES string of the molecule is CC(C)Oc1ccc(Br)cc1C(=O)Nc1cccc(NC(=O)c2ccc(C(C)(C)C)cc2)c1. The van der Waals surface area contributed by atoms with Crippen molar-refractivity contribution in [3.05, 3.63) is 87.9 Å². The fraction of sp³-hybridized carbons (Fsp3) is 0.259. The van der Waals surface area contributed by atoms with Gasteiger partial charge in [-0.3, -0.25) is 9.59 Å². The molecular weight excluding hydrogens is 480 g/mol. The van der Waals surface area contributed by atoms with Crippen LogP contribution >= 0.6 is 15.9 Å². The minimum absolute atomic E-state index is 0.0238. The van der Waals surface area contributed by atoms with Crippen LogP contribution in [0.2, 0.25) is 0 Å². The van der Waals surface area contributed by atoms with Crippen LogP contribution in [0.3, 0.4) is 0 Å². The highest BCUT2D eigenvalue weighted by Gasteiger charge is 2.16. The molecule has 0 bridgehead atoms. The molecule has 0 saturated heterocycles. The molecule has 0 radical (unpaired) electrons.